The Hall–Kier alpha value is -0.413. The molecule has 0 saturated heterocycles. The lowest BCUT2D eigenvalue weighted by Gasteiger charge is -2.58. The van der Waals surface area contributed by atoms with E-state index in [0.29, 0.717) is 17.3 Å². The number of ketones is 1. The average molecular weight is 403 g/mol. The van der Waals surface area contributed by atoms with Gasteiger partial charge in [0, 0.05) is 6.42 Å². The van der Waals surface area contributed by atoms with Crippen LogP contribution in [0.4, 0.5) is 0 Å². The highest BCUT2D eigenvalue weighted by Crippen LogP contribution is 2.66. The van der Waals surface area contributed by atoms with Gasteiger partial charge in [0.25, 0.3) is 0 Å². The van der Waals surface area contributed by atoms with Gasteiger partial charge in [-0.15, -0.1) is 0 Å². The van der Waals surface area contributed by atoms with Gasteiger partial charge in [-0.25, -0.2) is 0 Å². The summed E-state index contributed by atoms with van der Waals surface area (Å²) in [5.74, 6) is 2.81. The number of allylic oxidation sites excluding steroid dienone is 1. The van der Waals surface area contributed by atoms with Crippen molar-refractivity contribution in [2.24, 2.45) is 28.6 Å². The minimum Gasteiger partial charge on any atom is -0.413 e. The van der Waals surface area contributed by atoms with E-state index in [4.69, 9.17) is 4.43 Å². The standard InChI is InChI=1S/C25H42O2Si/c1-23(2,3)28(6,7)27-22-11-10-20-19-9-8-17-16-18(26)12-14-24(17,4)21(19)13-15-25(20,22)5/h16,19-22H,8-15H2,1-7H3/t19-,20-,21-,22-,24-,25-/m0/s1. The minimum absolute atomic E-state index is 0.283. The van der Waals surface area contributed by atoms with Crippen molar-refractivity contribution in [1.29, 1.82) is 0 Å². The molecule has 4 aliphatic rings. The molecule has 0 spiro atoms. The van der Waals surface area contributed by atoms with Gasteiger partial charge in [0.15, 0.2) is 14.1 Å². The molecule has 0 aromatic heterocycles. The number of hydrogen-bond acceptors (Lipinski definition) is 2. The molecule has 0 aliphatic heterocycles. The van der Waals surface area contributed by atoms with Crippen molar-refractivity contribution in [3.63, 3.8) is 0 Å². The molecule has 0 bridgehead atoms. The van der Waals surface area contributed by atoms with Crippen LogP contribution >= 0.6 is 0 Å². The highest BCUT2D eigenvalue weighted by Gasteiger charge is 2.60. The highest BCUT2D eigenvalue weighted by molar-refractivity contribution is 6.74. The van der Waals surface area contributed by atoms with Crippen LogP contribution in [0.1, 0.15) is 86.0 Å². The second-order valence-corrected chi connectivity index (χ2v) is 17.2. The zero-order valence-corrected chi connectivity index (χ0v) is 20.4. The van der Waals surface area contributed by atoms with Gasteiger partial charge < -0.3 is 4.43 Å². The number of hydrogen-bond donors (Lipinski definition) is 0. The molecule has 0 heterocycles. The summed E-state index contributed by atoms with van der Waals surface area (Å²) < 4.78 is 7.04. The number of fused-ring (bicyclic) bond motifs is 5. The van der Waals surface area contributed by atoms with E-state index in [2.05, 4.69) is 47.7 Å². The summed E-state index contributed by atoms with van der Waals surface area (Å²) in [6.45, 7) is 17.0. The maximum atomic E-state index is 12.0. The predicted molar refractivity (Wildman–Crippen MR) is 119 cm³/mol. The third kappa shape index (κ3) is 3.02. The summed E-state index contributed by atoms with van der Waals surface area (Å²) in [5, 5.41) is 0.283. The molecule has 0 aromatic carbocycles. The number of carbonyl (C=O) groups is 1. The van der Waals surface area contributed by atoms with Gasteiger partial charge in [0.2, 0.25) is 0 Å². The molecule has 6 atom stereocenters. The highest BCUT2D eigenvalue weighted by atomic mass is 28.4. The van der Waals surface area contributed by atoms with Crippen molar-refractivity contribution < 1.29 is 9.22 Å². The van der Waals surface area contributed by atoms with Gasteiger partial charge in [-0.2, -0.15) is 0 Å². The molecule has 0 N–H and O–H groups in total. The molecule has 0 radical (unpaired) electrons. The molecule has 0 amide bonds. The van der Waals surface area contributed by atoms with Gasteiger partial charge in [0.1, 0.15) is 0 Å². The van der Waals surface area contributed by atoms with Crippen LogP contribution in [-0.2, 0) is 9.22 Å². The molecule has 0 unspecified atom stereocenters. The molecule has 4 aliphatic carbocycles. The molecule has 4 rings (SSSR count). The number of carbonyl (C=O) groups excluding carboxylic acids is 1. The van der Waals surface area contributed by atoms with Crippen molar-refractivity contribution >= 4 is 14.1 Å². The van der Waals surface area contributed by atoms with E-state index in [9.17, 15) is 4.79 Å². The Kier molecular flexibility index (Phi) is 4.87. The largest absolute Gasteiger partial charge is 0.413 e. The second kappa shape index (κ2) is 6.54. The van der Waals surface area contributed by atoms with E-state index in [0.717, 1.165) is 37.0 Å². The van der Waals surface area contributed by atoms with Crippen LogP contribution in [0.5, 0.6) is 0 Å². The fourth-order valence-electron chi connectivity index (χ4n) is 7.24. The van der Waals surface area contributed by atoms with Crippen molar-refractivity contribution in [1.82, 2.24) is 0 Å². The van der Waals surface area contributed by atoms with E-state index in [1.165, 1.54) is 37.7 Å². The van der Waals surface area contributed by atoms with Crippen LogP contribution in [0.15, 0.2) is 11.6 Å². The Morgan fingerprint density at radius 3 is 2.39 bits per heavy atom. The lowest BCUT2D eigenvalue weighted by Crippen LogP contribution is -2.53. The first-order chi connectivity index (χ1) is 12.9. The van der Waals surface area contributed by atoms with Crippen molar-refractivity contribution in [3.05, 3.63) is 11.6 Å². The summed E-state index contributed by atoms with van der Waals surface area (Å²) in [6, 6.07) is 0. The van der Waals surface area contributed by atoms with E-state index in [1.54, 1.807) is 0 Å². The Morgan fingerprint density at radius 2 is 1.71 bits per heavy atom. The molecule has 28 heavy (non-hydrogen) atoms. The van der Waals surface area contributed by atoms with Gasteiger partial charge in [-0.1, -0.05) is 40.2 Å². The first kappa shape index (κ1) is 20.8. The Labute approximate surface area is 174 Å². The molecule has 158 valence electrons. The smallest absolute Gasteiger partial charge is 0.192 e. The maximum absolute atomic E-state index is 12.0. The Bertz CT molecular complexity index is 687. The topological polar surface area (TPSA) is 26.3 Å². The van der Waals surface area contributed by atoms with Crippen LogP contribution in [0.25, 0.3) is 0 Å². The maximum Gasteiger partial charge on any atom is 0.192 e. The second-order valence-electron chi connectivity index (χ2n) is 12.5. The predicted octanol–water partition coefficient (Wildman–Crippen LogP) is 6.91. The first-order valence-electron chi connectivity index (χ1n) is 11.8. The lowest BCUT2D eigenvalue weighted by atomic mass is 9.47. The van der Waals surface area contributed by atoms with Gasteiger partial charge >= 0.3 is 0 Å². The molecule has 2 nitrogen and oxygen atoms in total. The van der Waals surface area contributed by atoms with Crippen LogP contribution in [0, 0.1) is 28.6 Å². The monoisotopic (exact) mass is 402 g/mol. The van der Waals surface area contributed by atoms with Gasteiger partial charge in [0.05, 0.1) is 6.10 Å². The molecule has 3 heteroatoms. The van der Waals surface area contributed by atoms with Crippen LogP contribution in [-0.4, -0.2) is 20.2 Å². The summed E-state index contributed by atoms with van der Waals surface area (Å²) in [6.07, 6.45) is 12.1. The average Bonchev–Trinajstić information content (AvgIpc) is 2.91. The van der Waals surface area contributed by atoms with Gasteiger partial charge in [-0.3, -0.25) is 4.79 Å². The lowest BCUT2D eigenvalue weighted by molar-refractivity contribution is -0.117. The third-order valence-electron chi connectivity index (χ3n) is 10.1. The zero-order chi connectivity index (χ0) is 20.5. The fraction of sp³-hybridized carbons (Fsp3) is 0.880. The van der Waals surface area contributed by atoms with Crippen LogP contribution in [0.3, 0.4) is 0 Å². The summed E-state index contributed by atoms with van der Waals surface area (Å²) >= 11 is 0. The van der Waals surface area contributed by atoms with E-state index < -0.39 is 8.32 Å². The molecule has 3 saturated carbocycles. The third-order valence-corrected chi connectivity index (χ3v) is 14.6. The van der Waals surface area contributed by atoms with Crippen LogP contribution < -0.4 is 0 Å². The SMILES string of the molecule is CC(C)(C)[Si](C)(C)O[C@H]1CC[C@H]2[C@@H]3CCC4=CC(=O)CC[C@]4(C)[C@H]3CC[C@]12C. The fourth-order valence-corrected chi connectivity index (χ4v) is 8.69. The normalized spacial score (nSPS) is 43.8. The Balaban J connectivity index is 1.57. The quantitative estimate of drug-likeness (QED) is 0.469. The van der Waals surface area contributed by atoms with Crippen LogP contribution in [0.2, 0.25) is 18.1 Å². The van der Waals surface area contributed by atoms with Crippen molar-refractivity contribution in [3.8, 4) is 0 Å². The van der Waals surface area contributed by atoms with E-state index in [1.807, 2.05) is 6.08 Å². The molecular weight excluding hydrogens is 360 g/mol. The summed E-state index contributed by atoms with van der Waals surface area (Å²) in [4.78, 5) is 12.0. The molecule has 3 fully saturated rings. The molecular formula is C25H42O2Si. The van der Waals surface area contributed by atoms with E-state index >= 15 is 0 Å². The first-order valence-corrected chi connectivity index (χ1v) is 14.7. The summed E-state index contributed by atoms with van der Waals surface area (Å²) in [7, 11) is -1.73. The van der Waals surface area contributed by atoms with Crippen molar-refractivity contribution in [2.45, 2.75) is 110 Å². The van der Waals surface area contributed by atoms with E-state index in [-0.39, 0.29) is 10.5 Å². The Morgan fingerprint density at radius 1 is 1.00 bits per heavy atom. The van der Waals surface area contributed by atoms with Crippen molar-refractivity contribution in [2.75, 3.05) is 0 Å². The molecule has 0 aromatic rings. The number of rotatable bonds is 2. The van der Waals surface area contributed by atoms with Gasteiger partial charge in [-0.05, 0) is 97.7 Å². The zero-order valence-electron chi connectivity index (χ0n) is 19.4. The minimum atomic E-state index is -1.73. The summed E-state index contributed by atoms with van der Waals surface area (Å²) in [5.41, 5.74) is 2.13.